The van der Waals surface area contributed by atoms with E-state index in [2.05, 4.69) is 5.32 Å². The number of nitro benzene ring substituents is 1. The van der Waals surface area contributed by atoms with Crippen LogP contribution in [-0.4, -0.2) is 22.5 Å². The molecular weight excluding hydrogens is 354 g/mol. The van der Waals surface area contributed by atoms with Gasteiger partial charge in [-0.15, -0.1) is 0 Å². The molecule has 1 heterocycles. The Balaban J connectivity index is 1.86. The van der Waals surface area contributed by atoms with Crippen LogP contribution in [0.5, 0.6) is 5.75 Å². The summed E-state index contributed by atoms with van der Waals surface area (Å²) in [4.78, 5) is 24.5. The molecule has 2 aromatic rings. The lowest BCUT2D eigenvalue weighted by Gasteiger charge is -2.14. The Hall–Kier alpha value is -3.26. The normalized spacial score (nSPS) is 15.3. The number of carbonyl (C=O) groups excluding carboxylic acids is 1. The third kappa shape index (κ3) is 3.55. The molecule has 1 amide bonds. The van der Waals surface area contributed by atoms with Crippen molar-refractivity contribution in [1.82, 2.24) is 5.32 Å². The van der Waals surface area contributed by atoms with Gasteiger partial charge in [-0.3, -0.25) is 19.8 Å². The highest BCUT2D eigenvalue weighted by Crippen LogP contribution is 2.25. The number of hydrogen-bond acceptors (Lipinski definition) is 5. The molecule has 0 unspecified atom stereocenters. The Morgan fingerprint density at radius 3 is 2.65 bits per heavy atom. The third-order valence-corrected chi connectivity index (χ3v) is 3.96. The molecule has 0 aliphatic carbocycles. The summed E-state index contributed by atoms with van der Waals surface area (Å²) in [6.45, 7) is 2.44. The Kier molecular flexibility index (Phi) is 4.94. The first kappa shape index (κ1) is 17.6. The molecule has 1 N–H and O–H groups in total. The fraction of sp³-hybridized carbons (Fsp3) is 0.111. The van der Waals surface area contributed by atoms with Crippen molar-refractivity contribution < 1.29 is 14.5 Å². The largest absolute Gasteiger partial charge is 0.494 e. The molecule has 0 saturated carbocycles. The van der Waals surface area contributed by atoms with E-state index < -0.39 is 4.92 Å². The van der Waals surface area contributed by atoms with Crippen LogP contribution in [0, 0.1) is 10.1 Å². The summed E-state index contributed by atoms with van der Waals surface area (Å²) in [6.07, 6.45) is 1.54. The molecular formula is C18H15N3O4S. The molecule has 8 heteroatoms. The summed E-state index contributed by atoms with van der Waals surface area (Å²) in [5.41, 5.74) is 1.35. The molecule has 1 aliphatic heterocycles. The third-order valence-electron chi connectivity index (χ3n) is 3.68. The fourth-order valence-electron chi connectivity index (χ4n) is 2.52. The lowest BCUT2D eigenvalue weighted by molar-refractivity contribution is -0.384. The van der Waals surface area contributed by atoms with Crippen molar-refractivity contribution in [1.29, 1.82) is 0 Å². The zero-order valence-corrected chi connectivity index (χ0v) is 14.7. The lowest BCUT2D eigenvalue weighted by atomic mass is 10.1. The van der Waals surface area contributed by atoms with Crippen molar-refractivity contribution in [2.75, 3.05) is 11.5 Å². The van der Waals surface area contributed by atoms with E-state index in [9.17, 15) is 14.9 Å². The fourth-order valence-corrected chi connectivity index (χ4v) is 2.82. The maximum atomic E-state index is 12.7. The van der Waals surface area contributed by atoms with Gasteiger partial charge in [0.25, 0.3) is 11.6 Å². The summed E-state index contributed by atoms with van der Waals surface area (Å²) in [7, 11) is 0. The average Bonchev–Trinajstić information content (AvgIpc) is 2.90. The Labute approximate surface area is 155 Å². The van der Waals surface area contributed by atoms with Gasteiger partial charge in [0.2, 0.25) is 0 Å². The standard InChI is InChI=1S/C18H15N3O4S/c1-2-25-15-8-6-13(7-9-15)20-17(22)16(19-18(20)26)11-12-4-3-5-14(10-12)21(23)24/h3-11H,2H2,1H3,(H,19,26)/b16-11+. The van der Waals surface area contributed by atoms with Gasteiger partial charge in [-0.2, -0.15) is 0 Å². The van der Waals surface area contributed by atoms with Gasteiger partial charge in [-0.1, -0.05) is 12.1 Å². The number of nitrogens with one attached hydrogen (secondary N) is 1. The molecule has 1 aliphatic rings. The van der Waals surface area contributed by atoms with Gasteiger partial charge in [-0.25, -0.2) is 0 Å². The van der Waals surface area contributed by atoms with Crippen LogP contribution in [-0.2, 0) is 4.79 Å². The molecule has 1 fully saturated rings. The summed E-state index contributed by atoms with van der Waals surface area (Å²) in [6, 6.07) is 13.0. The van der Waals surface area contributed by atoms with Gasteiger partial charge in [0.1, 0.15) is 11.4 Å². The van der Waals surface area contributed by atoms with Crippen LogP contribution in [0.2, 0.25) is 0 Å². The maximum Gasteiger partial charge on any atom is 0.281 e. The van der Waals surface area contributed by atoms with Crippen molar-refractivity contribution in [2.45, 2.75) is 6.92 Å². The van der Waals surface area contributed by atoms with Gasteiger partial charge in [-0.05, 0) is 55.0 Å². The van der Waals surface area contributed by atoms with Crippen LogP contribution in [0.4, 0.5) is 11.4 Å². The molecule has 132 valence electrons. The predicted octanol–water partition coefficient (Wildman–Crippen LogP) is 3.26. The first-order valence-corrected chi connectivity index (χ1v) is 8.25. The van der Waals surface area contributed by atoms with Crippen molar-refractivity contribution in [3.05, 3.63) is 69.9 Å². The van der Waals surface area contributed by atoms with Crippen LogP contribution in [0.25, 0.3) is 6.08 Å². The van der Waals surface area contributed by atoms with E-state index in [1.807, 2.05) is 6.92 Å². The van der Waals surface area contributed by atoms with E-state index in [-0.39, 0.29) is 22.4 Å². The van der Waals surface area contributed by atoms with Gasteiger partial charge >= 0.3 is 0 Å². The minimum atomic E-state index is -0.483. The van der Waals surface area contributed by atoms with Crippen LogP contribution in [0.1, 0.15) is 12.5 Å². The Bertz CT molecular complexity index is 909. The summed E-state index contributed by atoms with van der Waals surface area (Å²) >= 11 is 5.26. The molecule has 3 rings (SSSR count). The van der Waals surface area contributed by atoms with Crippen molar-refractivity contribution in [2.24, 2.45) is 0 Å². The van der Waals surface area contributed by atoms with Gasteiger partial charge in [0, 0.05) is 12.1 Å². The van der Waals surface area contributed by atoms with E-state index in [4.69, 9.17) is 17.0 Å². The van der Waals surface area contributed by atoms with Crippen LogP contribution in [0.3, 0.4) is 0 Å². The number of anilines is 1. The molecule has 0 atom stereocenters. The van der Waals surface area contributed by atoms with E-state index in [1.54, 1.807) is 36.4 Å². The second kappa shape index (κ2) is 7.32. The minimum absolute atomic E-state index is 0.0456. The SMILES string of the molecule is CCOc1ccc(N2C(=O)/C(=C\c3cccc([N+](=O)[O-])c3)NC2=S)cc1. The van der Waals surface area contributed by atoms with Crippen molar-refractivity contribution >= 4 is 40.7 Å². The highest BCUT2D eigenvalue weighted by atomic mass is 32.1. The Morgan fingerprint density at radius 1 is 1.27 bits per heavy atom. The molecule has 0 spiro atoms. The summed E-state index contributed by atoms with van der Waals surface area (Å²) in [5, 5.41) is 14.0. The van der Waals surface area contributed by atoms with E-state index >= 15 is 0 Å². The van der Waals surface area contributed by atoms with E-state index in [1.165, 1.54) is 23.1 Å². The van der Waals surface area contributed by atoms with Crippen LogP contribution < -0.4 is 15.0 Å². The number of hydrogen-bond donors (Lipinski definition) is 1. The number of thiocarbonyl (C=S) groups is 1. The van der Waals surface area contributed by atoms with Gasteiger partial charge < -0.3 is 10.1 Å². The number of nitrogens with zero attached hydrogens (tertiary/aromatic N) is 2. The molecule has 2 aromatic carbocycles. The number of carbonyl (C=O) groups is 1. The molecule has 0 bridgehead atoms. The number of benzene rings is 2. The second-order valence-electron chi connectivity index (χ2n) is 5.41. The monoisotopic (exact) mass is 369 g/mol. The van der Waals surface area contributed by atoms with Gasteiger partial charge in [0.15, 0.2) is 5.11 Å². The number of amides is 1. The summed E-state index contributed by atoms with van der Waals surface area (Å²) < 4.78 is 5.39. The zero-order valence-electron chi connectivity index (χ0n) is 13.8. The first-order valence-electron chi connectivity index (χ1n) is 7.84. The molecule has 0 aromatic heterocycles. The highest BCUT2D eigenvalue weighted by molar-refractivity contribution is 7.80. The van der Waals surface area contributed by atoms with Crippen LogP contribution >= 0.6 is 12.2 Å². The molecule has 7 nitrogen and oxygen atoms in total. The van der Waals surface area contributed by atoms with Crippen molar-refractivity contribution in [3.8, 4) is 5.75 Å². The lowest BCUT2D eigenvalue weighted by Crippen LogP contribution is -2.30. The zero-order chi connectivity index (χ0) is 18.7. The van der Waals surface area contributed by atoms with Crippen molar-refractivity contribution in [3.63, 3.8) is 0 Å². The van der Waals surface area contributed by atoms with Gasteiger partial charge in [0.05, 0.1) is 17.2 Å². The number of ether oxygens (including phenoxy) is 1. The quantitative estimate of drug-likeness (QED) is 0.377. The smallest absolute Gasteiger partial charge is 0.281 e. The van der Waals surface area contributed by atoms with Crippen LogP contribution in [0.15, 0.2) is 54.2 Å². The number of nitro groups is 1. The van der Waals surface area contributed by atoms with E-state index in [0.29, 0.717) is 23.6 Å². The summed E-state index contributed by atoms with van der Waals surface area (Å²) in [5.74, 6) is 0.375. The molecule has 1 saturated heterocycles. The second-order valence-corrected chi connectivity index (χ2v) is 5.79. The predicted molar refractivity (Wildman–Crippen MR) is 102 cm³/mol. The Morgan fingerprint density at radius 2 is 2.00 bits per heavy atom. The van der Waals surface area contributed by atoms with E-state index in [0.717, 1.165) is 0 Å². The minimum Gasteiger partial charge on any atom is -0.494 e. The highest BCUT2D eigenvalue weighted by Gasteiger charge is 2.32. The maximum absolute atomic E-state index is 12.7. The molecule has 0 radical (unpaired) electrons. The molecule has 26 heavy (non-hydrogen) atoms. The first-order chi connectivity index (χ1) is 12.5. The number of non-ortho nitro benzene ring substituents is 1. The topological polar surface area (TPSA) is 84.7 Å². The number of rotatable bonds is 5. The average molecular weight is 369 g/mol.